The number of ether oxygens (including phenoxy) is 1. The second-order valence-corrected chi connectivity index (χ2v) is 3.82. The Morgan fingerprint density at radius 1 is 1.35 bits per heavy atom. The first-order valence-corrected chi connectivity index (χ1v) is 5.42. The Hall–Kier alpha value is -1.81. The maximum atomic E-state index is 9.58. The number of anilines is 1. The molecule has 4 nitrogen and oxygen atoms in total. The van der Waals surface area contributed by atoms with E-state index < -0.39 is 0 Å². The molecule has 2 aromatic rings. The predicted octanol–water partition coefficient (Wildman–Crippen LogP) is 3.26. The van der Waals surface area contributed by atoms with Gasteiger partial charge in [-0.15, -0.1) is 0 Å². The molecule has 2 rings (SSSR count). The van der Waals surface area contributed by atoms with Gasteiger partial charge in [-0.3, -0.25) is 0 Å². The number of hydrogen-bond acceptors (Lipinski definition) is 4. The standard InChI is InChI=1S/C12H12ClNO3/c1-16-11-4-2-8(6-10(11)15)14-7-9-3-5-12(13)17-9/h2-6,14-15H,7H2,1H3. The van der Waals surface area contributed by atoms with E-state index >= 15 is 0 Å². The Morgan fingerprint density at radius 2 is 2.18 bits per heavy atom. The number of rotatable bonds is 4. The second kappa shape index (κ2) is 5.01. The number of hydrogen-bond donors (Lipinski definition) is 2. The van der Waals surface area contributed by atoms with Crippen molar-refractivity contribution in [3.05, 3.63) is 41.3 Å². The Morgan fingerprint density at radius 3 is 2.76 bits per heavy atom. The molecule has 1 aromatic carbocycles. The van der Waals surface area contributed by atoms with Gasteiger partial charge in [-0.25, -0.2) is 0 Å². The fourth-order valence-corrected chi connectivity index (χ4v) is 1.60. The maximum Gasteiger partial charge on any atom is 0.193 e. The third-order valence-corrected chi connectivity index (χ3v) is 2.48. The summed E-state index contributed by atoms with van der Waals surface area (Å²) in [4.78, 5) is 0. The topological polar surface area (TPSA) is 54.6 Å². The first kappa shape index (κ1) is 11.7. The van der Waals surface area contributed by atoms with Gasteiger partial charge in [0.2, 0.25) is 0 Å². The van der Waals surface area contributed by atoms with Crippen molar-refractivity contribution in [3.8, 4) is 11.5 Å². The fraction of sp³-hybridized carbons (Fsp3) is 0.167. The van der Waals surface area contributed by atoms with E-state index in [2.05, 4.69) is 5.32 Å². The van der Waals surface area contributed by atoms with Crippen molar-refractivity contribution in [1.82, 2.24) is 0 Å². The van der Waals surface area contributed by atoms with Crippen molar-refractivity contribution in [3.63, 3.8) is 0 Å². The van der Waals surface area contributed by atoms with Gasteiger partial charge in [0, 0.05) is 11.8 Å². The van der Waals surface area contributed by atoms with Crippen LogP contribution in [0.25, 0.3) is 0 Å². The zero-order valence-corrected chi connectivity index (χ0v) is 9.99. The molecule has 17 heavy (non-hydrogen) atoms. The lowest BCUT2D eigenvalue weighted by molar-refractivity contribution is 0.373. The highest BCUT2D eigenvalue weighted by Crippen LogP contribution is 2.28. The van der Waals surface area contributed by atoms with Crippen molar-refractivity contribution in [2.45, 2.75) is 6.54 Å². The molecule has 0 radical (unpaired) electrons. The molecular weight excluding hydrogens is 242 g/mol. The lowest BCUT2D eigenvalue weighted by Crippen LogP contribution is -1.98. The molecular formula is C12H12ClNO3. The lowest BCUT2D eigenvalue weighted by atomic mass is 10.2. The van der Waals surface area contributed by atoms with Crippen LogP contribution in [0, 0.1) is 0 Å². The number of phenols is 1. The van der Waals surface area contributed by atoms with Crippen molar-refractivity contribution in [1.29, 1.82) is 0 Å². The third-order valence-electron chi connectivity index (χ3n) is 2.27. The van der Waals surface area contributed by atoms with Gasteiger partial charge in [-0.2, -0.15) is 0 Å². The van der Waals surface area contributed by atoms with Gasteiger partial charge >= 0.3 is 0 Å². The minimum absolute atomic E-state index is 0.0926. The first-order valence-electron chi connectivity index (χ1n) is 5.04. The first-order chi connectivity index (χ1) is 8.19. The molecule has 1 aromatic heterocycles. The van der Waals surface area contributed by atoms with Crippen LogP contribution in [-0.2, 0) is 6.54 Å². The second-order valence-electron chi connectivity index (χ2n) is 3.45. The average Bonchev–Trinajstić information content (AvgIpc) is 2.73. The predicted molar refractivity (Wildman–Crippen MR) is 65.7 cm³/mol. The summed E-state index contributed by atoms with van der Waals surface area (Å²) in [5.41, 5.74) is 0.774. The molecule has 0 spiro atoms. The zero-order chi connectivity index (χ0) is 12.3. The van der Waals surface area contributed by atoms with Gasteiger partial charge in [0.1, 0.15) is 5.76 Å². The fourth-order valence-electron chi connectivity index (χ4n) is 1.44. The molecule has 0 saturated carbocycles. The molecule has 0 aliphatic heterocycles. The van der Waals surface area contributed by atoms with Crippen LogP contribution in [0.15, 0.2) is 34.7 Å². The Bertz CT molecular complexity index is 510. The van der Waals surface area contributed by atoms with Gasteiger partial charge in [-0.05, 0) is 35.9 Å². The maximum absolute atomic E-state index is 9.58. The van der Waals surface area contributed by atoms with Gasteiger partial charge in [0.05, 0.1) is 13.7 Å². The summed E-state index contributed by atoms with van der Waals surface area (Å²) in [6.45, 7) is 0.499. The van der Waals surface area contributed by atoms with Gasteiger partial charge in [-0.1, -0.05) is 0 Å². The highest BCUT2D eigenvalue weighted by atomic mass is 35.5. The molecule has 0 aliphatic carbocycles. The van der Waals surface area contributed by atoms with Crippen LogP contribution in [0.2, 0.25) is 5.22 Å². The summed E-state index contributed by atoms with van der Waals surface area (Å²) >= 11 is 5.66. The van der Waals surface area contributed by atoms with Crippen LogP contribution in [0.1, 0.15) is 5.76 Å². The molecule has 0 bridgehead atoms. The number of phenolic OH excluding ortho intramolecular Hbond substituents is 1. The van der Waals surface area contributed by atoms with Gasteiger partial charge < -0.3 is 19.6 Å². The summed E-state index contributed by atoms with van der Waals surface area (Å²) in [6.07, 6.45) is 0. The summed E-state index contributed by atoms with van der Waals surface area (Å²) in [6, 6.07) is 8.56. The molecule has 1 heterocycles. The Kier molecular flexibility index (Phi) is 3.44. The number of benzene rings is 1. The molecule has 90 valence electrons. The van der Waals surface area contributed by atoms with Crippen LogP contribution in [0.3, 0.4) is 0 Å². The van der Waals surface area contributed by atoms with Crippen LogP contribution in [0.4, 0.5) is 5.69 Å². The minimum Gasteiger partial charge on any atom is -0.504 e. The summed E-state index contributed by atoms with van der Waals surface area (Å²) in [5.74, 6) is 1.26. The van der Waals surface area contributed by atoms with Crippen LogP contribution >= 0.6 is 11.6 Å². The SMILES string of the molecule is COc1ccc(NCc2ccc(Cl)o2)cc1O. The van der Waals surface area contributed by atoms with Crippen LogP contribution in [-0.4, -0.2) is 12.2 Å². The monoisotopic (exact) mass is 253 g/mol. The highest BCUT2D eigenvalue weighted by molar-refractivity contribution is 6.28. The van der Waals surface area contributed by atoms with Gasteiger partial charge in [0.15, 0.2) is 16.7 Å². The van der Waals surface area contributed by atoms with E-state index in [9.17, 15) is 5.11 Å². The number of nitrogens with one attached hydrogen (secondary N) is 1. The van der Waals surface area contributed by atoms with E-state index in [1.165, 1.54) is 7.11 Å². The molecule has 0 fully saturated rings. The smallest absolute Gasteiger partial charge is 0.193 e. The highest BCUT2D eigenvalue weighted by Gasteiger charge is 2.03. The zero-order valence-electron chi connectivity index (χ0n) is 9.24. The molecule has 0 aliphatic rings. The summed E-state index contributed by atoms with van der Waals surface area (Å²) in [5, 5.41) is 13.0. The lowest BCUT2D eigenvalue weighted by Gasteiger charge is -2.07. The molecule has 2 N–H and O–H groups in total. The van der Waals surface area contributed by atoms with E-state index in [1.807, 2.05) is 6.07 Å². The molecule has 0 atom stereocenters. The molecule has 0 amide bonds. The summed E-state index contributed by atoms with van der Waals surface area (Å²) < 4.78 is 10.1. The third kappa shape index (κ3) is 2.85. The van der Waals surface area contributed by atoms with Crippen molar-refractivity contribution in [2.75, 3.05) is 12.4 Å². The number of halogens is 1. The molecule has 0 saturated heterocycles. The molecule has 0 unspecified atom stereocenters. The van der Waals surface area contributed by atoms with E-state index in [-0.39, 0.29) is 5.75 Å². The quantitative estimate of drug-likeness (QED) is 0.878. The largest absolute Gasteiger partial charge is 0.504 e. The number of methoxy groups -OCH3 is 1. The van der Waals surface area contributed by atoms with Crippen molar-refractivity contribution in [2.24, 2.45) is 0 Å². The van der Waals surface area contributed by atoms with E-state index in [1.54, 1.807) is 24.3 Å². The van der Waals surface area contributed by atoms with Crippen LogP contribution < -0.4 is 10.1 Å². The Balaban J connectivity index is 2.02. The van der Waals surface area contributed by atoms with E-state index in [0.29, 0.717) is 17.5 Å². The molecule has 5 heteroatoms. The number of furan rings is 1. The van der Waals surface area contributed by atoms with E-state index in [0.717, 1.165) is 11.4 Å². The minimum atomic E-state index is 0.0926. The summed E-state index contributed by atoms with van der Waals surface area (Å²) in [7, 11) is 1.51. The van der Waals surface area contributed by atoms with Crippen molar-refractivity contribution < 1.29 is 14.3 Å². The van der Waals surface area contributed by atoms with Crippen molar-refractivity contribution >= 4 is 17.3 Å². The number of aromatic hydroxyl groups is 1. The average molecular weight is 254 g/mol. The van der Waals surface area contributed by atoms with Crippen LogP contribution in [0.5, 0.6) is 11.5 Å². The van der Waals surface area contributed by atoms with Gasteiger partial charge in [0.25, 0.3) is 0 Å². The normalized spacial score (nSPS) is 10.2. The Labute approximate surface area is 104 Å². The van der Waals surface area contributed by atoms with E-state index in [4.69, 9.17) is 20.8 Å².